The van der Waals surface area contributed by atoms with E-state index in [9.17, 15) is 19.2 Å². The van der Waals surface area contributed by atoms with E-state index in [4.69, 9.17) is 0 Å². The monoisotopic (exact) mass is 262 g/mol. The van der Waals surface area contributed by atoms with Crippen molar-refractivity contribution in [3.05, 3.63) is 58.0 Å². The molecule has 0 radical (unpaired) electrons. The van der Waals surface area contributed by atoms with Gasteiger partial charge in [-0.2, -0.15) is 0 Å². The molecule has 7 heteroatoms. The lowest BCUT2D eigenvalue weighted by Gasteiger charge is -2.11. The van der Waals surface area contributed by atoms with Gasteiger partial charge in [-0.3, -0.25) is 4.57 Å². The van der Waals surface area contributed by atoms with E-state index in [2.05, 4.69) is 4.98 Å². The zero-order valence-electron chi connectivity index (χ0n) is 10.2. The summed E-state index contributed by atoms with van der Waals surface area (Å²) < 4.78 is 14.4. The minimum absolute atomic E-state index is 0.0356. The maximum absolute atomic E-state index is 13.1. The molecule has 98 valence electrons. The summed E-state index contributed by atoms with van der Waals surface area (Å²) in [5, 5.41) is 18.4. The molecule has 0 spiro atoms. The standard InChI is InChI=1S/C12H12BFN2O3/c1-8-5-15-12(17)16(6-8)7-9-2-3-10(14)4-11(9)13(18)19/h2-6,18-19H,7H2,1H3. The van der Waals surface area contributed by atoms with Gasteiger partial charge in [0.25, 0.3) is 0 Å². The Kier molecular flexibility index (Phi) is 3.78. The molecular formula is C12H12BFN2O3. The Labute approximate surface area is 109 Å². The first-order valence-electron chi connectivity index (χ1n) is 5.65. The minimum Gasteiger partial charge on any atom is -0.423 e. The van der Waals surface area contributed by atoms with Crippen molar-refractivity contribution in [3.63, 3.8) is 0 Å². The van der Waals surface area contributed by atoms with Crippen molar-refractivity contribution in [2.75, 3.05) is 0 Å². The van der Waals surface area contributed by atoms with Crippen LogP contribution in [0.5, 0.6) is 0 Å². The summed E-state index contributed by atoms with van der Waals surface area (Å²) in [6, 6.07) is 3.66. The fraction of sp³-hybridized carbons (Fsp3) is 0.167. The lowest BCUT2D eigenvalue weighted by Crippen LogP contribution is -2.35. The molecule has 1 aromatic heterocycles. The fourth-order valence-corrected chi connectivity index (χ4v) is 1.81. The largest absolute Gasteiger partial charge is 0.488 e. The Morgan fingerprint density at radius 1 is 1.42 bits per heavy atom. The molecule has 0 bridgehead atoms. The van der Waals surface area contributed by atoms with Crippen molar-refractivity contribution in [1.29, 1.82) is 0 Å². The Morgan fingerprint density at radius 3 is 2.84 bits per heavy atom. The van der Waals surface area contributed by atoms with Gasteiger partial charge in [-0.25, -0.2) is 14.2 Å². The van der Waals surface area contributed by atoms with Crippen LogP contribution in [-0.2, 0) is 6.54 Å². The van der Waals surface area contributed by atoms with Crippen LogP contribution in [0.2, 0.25) is 0 Å². The molecule has 1 aromatic carbocycles. The quantitative estimate of drug-likeness (QED) is 0.725. The molecule has 0 saturated heterocycles. The van der Waals surface area contributed by atoms with Crippen molar-refractivity contribution in [1.82, 2.24) is 9.55 Å². The zero-order chi connectivity index (χ0) is 14.0. The normalized spacial score (nSPS) is 10.5. The smallest absolute Gasteiger partial charge is 0.423 e. The topological polar surface area (TPSA) is 75.4 Å². The molecule has 2 rings (SSSR count). The van der Waals surface area contributed by atoms with E-state index < -0.39 is 18.6 Å². The second kappa shape index (κ2) is 5.33. The first-order valence-corrected chi connectivity index (χ1v) is 5.65. The van der Waals surface area contributed by atoms with Crippen LogP contribution in [-0.4, -0.2) is 26.7 Å². The molecule has 0 unspecified atom stereocenters. The van der Waals surface area contributed by atoms with Gasteiger partial charge >= 0.3 is 12.8 Å². The minimum atomic E-state index is -1.79. The van der Waals surface area contributed by atoms with Crippen molar-refractivity contribution >= 4 is 12.6 Å². The van der Waals surface area contributed by atoms with Gasteiger partial charge < -0.3 is 10.0 Å². The highest BCUT2D eigenvalue weighted by Crippen LogP contribution is 2.03. The van der Waals surface area contributed by atoms with Gasteiger partial charge in [0, 0.05) is 12.4 Å². The summed E-state index contributed by atoms with van der Waals surface area (Å²) in [5.41, 5.74) is 0.834. The zero-order valence-corrected chi connectivity index (χ0v) is 10.2. The van der Waals surface area contributed by atoms with E-state index in [1.165, 1.54) is 22.9 Å². The second-order valence-electron chi connectivity index (χ2n) is 4.26. The number of halogens is 1. The molecule has 2 N–H and O–H groups in total. The molecule has 0 amide bonds. The van der Waals surface area contributed by atoms with Crippen molar-refractivity contribution in [2.45, 2.75) is 13.5 Å². The SMILES string of the molecule is Cc1cnc(=O)n(Cc2ccc(F)cc2B(O)O)c1. The predicted octanol–water partition coefficient (Wildman–Crippen LogP) is -0.581. The molecule has 2 aromatic rings. The number of benzene rings is 1. The second-order valence-corrected chi connectivity index (χ2v) is 4.26. The lowest BCUT2D eigenvalue weighted by atomic mass is 9.77. The summed E-state index contributed by atoms with van der Waals surface area (Å²) in [6.45, 7) is 1.89. The molecule has 0 aliphatic heterocycles. The van der Waals surface area contributed by atoms with Crippen LogP contribution in [0, 0.1) is 12.7 Å². The summed E-state index contributed by atoms with van der Waals surface area (Å²) in [5.74, 6) is -0.568. The third kappa shape index (κ3) is 3.07. The van der Waals surface area contributed by atoms with Gasteiger partial charge in [0.1, 0.15) is 5.82 Å². The number of hydrogen-bond donors (Lipinski definition) is 2. The predicted molar refractivity (Wildman–Crippen MR) is 68.6 cm³/mol. The molecule has 0 saturated carbocycles. The lowest BCUT2D eigenvalue weighted by molar-refractivity contribution is 0.424. The van der Waals surface area contributed by atoms with Gasteiger partial charge in [0.2, 0.25) is 0 Å². The van der Waals surface area contributed by atoms with Crippen molar-refractivity contribution in [2.24, 2.45) is 0 Å². The van der Waals surface area contributed by atoms with E-state index in [0.29, 0.717) is 5.56 Å². The molecular weight excluding hydrogens is 250 g/mol. The Hall–Kier alpha value is -1.99. The third-order valence-corrected chi connectivity index (χ3v) is 2.71. The van der Waals surface area contributed by atoms with Crippen molar-refractivity contribution in [3.8, 4) is 0 Å². The first-order chi connectivity index (χ1) is 8.97. The van der Waals surface area contributed by atoms with Crippen LogP contribution in [0.3, 0.4) is 0 Å². The van der Waals surface area contributed by atoms with Crippen LogP contribution in [0.4, 0.5) is 4.39 Å². The summed E-state index contributed by atoms with van der Waals surface area (Å²) in [7, 11) is -1.79. The van der Waals surface area contributed by atoms with Gasteiger partial charge in [-0.1, -0.05) is 6.07 Å². The maximum Gasteiger partial charge on any atom is 0.488 e. The van der Waals surface area contributed by atoms with E-state index in [0.717, 1.165) is 11.6 Å². The Balaban J connectivity index is 2.43. The number of aryl methyl sites for hydroxylation is 1. The first kappa shape index (κ1) is 13.4. The molecule has 0 aliphatic rings. The van der Waals surface area contributed by atoms with Gasteiger partial charge in [-0.15, -0.1) is 0 Å². The van der Waals surface area contributed by atoms with Gasteiger partial charge in [0.05, 0.1) is 6.54 Å². The van der Waals surface area contributed by atoms with E-state index >= 15 is 0 Å². The molecule has 0 atom stereocenters. The van der Waals surface area contributed by atoms with Crippen LogP contribution < -0.4 is 11.2 Å². The third-order valence-electron chi connectivity index (χ3n) is 2.71. The molecule has 19 heavy (non-hydrogen) atoms. The van der Waals surface area contributed by atoms with Crippen LogP contribution in [0.15, 0.2) is 35.4 Å². The molecule has 1 heterocycles. The highest BCUT2D eigenvalue weighted by molar-refractivity contribution is 6.59. The highest BCUT2D eigenvalue weighted by atomic mass is 19.1. The van der Waals surface area contributed by atoms with E-state index in [-0.39, 0.29) is 12.0 Å². The average molecular weight is 262 g/mol. The number of rotatable bonds is 3. The Bertz CT molecular complexity index is 658. The van der Waals surface area contributed by atoms with Crippen molar-refractivity contribution < 1.29 is 14.4 Å². The van der Waals surface area contributed by atoms with E-state index in [1.54, 1.807) is 13.1 Å². The molecule has 0 fully saturated rings. The summed E-state index contributed by atoms with van der Waals surface area (Å²) in [4.78, 5) is 15.3. The number of nitrogens with zero attached hydrogens (tertiary/aromatic N) is 2. The highest BCUT2D eigenvalue weighted by Gasteiger charge is 2.17. The summed E-state index contributed by atoms with van der Waals surface area (Å²) >= 11 is 0. The Morgan fingerprint density at radius 2 is 2.16 bits per heavy atom. The number of aromatic nitrogens is 2. The average Bonchev–Trinajstić information content (AvgIpc) is 2.35. The fourth-order valence-electron chi connectivity index (χ4n) is 1.81. The maximum atomic E-state index is 13.1. The van der Waals surface area contributed by atoms with Gasteiger partial charge in [0.15, 0.2) is 0 Å². The molecule has 0 aliphatic carbocycles. The van der Waals surface area contributed by atoms with Crippen LogP contribution in [0.25, 0.3) is 0 Å². The van der Waals surface area contributed by atoms with E-state index in [1.807, 2.05) is 0 Å². The van der Waals surface area contributed by atoms with Gasteiger partial charge in [-0.05, 0) is 35.6 Å². The van der Waals surface area contributed by atoms with Crippen LogP contribution in [0.1, 0.15) is 11.1 Å². The number of hydrogen-bond acceptors (Lipinski definition) is 4. The molecule has 5 nitrogen and oxygen atoms in total. The van der Waals surface area contributed by atoms with Crippen LogP contribution >= 0.6 is 0 Å². The summed E-state index contributed by atoms with van der Waals surface area (Å²) in [6.07, 6.45) is 3.05.